The van der Waals surface area contributed by atoms with Crippen LogP contribution in [0, 0.1) is 6.92 Å². The van der Waals surface area contributed by atoms with Gasteiger partial charge in [0.05, 0.1) is 12.1 Å². The number of hydrogen-bond donors (Lipinski definition) is 1. The number of hydrogen-bond acceptors (Lipinski definition) is 4. The summed E-state index contributed by atoms with van der Waals surface area (Å²) in [6.07, 6.45) is -5.05. The van der Waals surface area contributed by atoms with Gasteiger partial charge in [0.25, 0.3) is 0 Å². The van der Waals surface area contributed by atoms with Gasteiger partial charge in [-0.2, -0.15) is 13.2 Å². The van der Waals surface area contributed by atoms with Crippen LogP contribution >= 0.6 is 0 Å². The van der Waals surface area contributed by atoms with Crippen molar-refractivity contribution in [1.29, 1.82) is 0 Å². The standard InChI is InChI=1S/C26H29F3N2O4/c1-17-14-31(20-12-8-6-10-18(20)22(17)32)16-25(34,26(27,28)29)15-24(2,3)19-11-7-9-13-21(19)35-23(33)30(4)5/h6-14,34H,15-16H2,1-5H3. The summed E-state index contributed by atoms with van der Waals surface area (Å²) in [5.74, 6) is 0.116. The van der Waals surface area contributed by atoms with Crippen molar-refractivity contribution in [3.63, 3.8) is 0 Å². The Morgan fingerprint density at radius 3 is 2.29 bits per heavy atom. The van der Waals surface area contributed by atoms with Crippen LogP contribution in [0.25, 0.3) is 10.9 Å². The summed E-state index contributed by atoms with van der Waals surface area (Å²) >= 11 is 0. The van der Waals surface area contributed by atoms with Crippen LogP contribution in [0.5, 0.6) is 5.75 Å². The first kappa shape index (κ1) is 26.3. The molecular weight excluding hydrogens is 461 g/mol. The average Bonchev–Trinajstić information content (AvgIpc) is 2.76. The van der Waals surface area contributed by atoms with Gasteiger partial charge in [-0.15, -0.1) is 0 Å². The lowest BCUT2D eigenvalue weighted by Gasteiger charge is -2.39. The Morgan fingerprint density at radius 1 is 1.06 bits per heavy atom. The molecule has 1 unspecified atom stereocenters. The molecule has 0 saturated heterocycles. The lowest BCUT2D eigenvalue weighted by Crippen LogP contribution is -2.52. The first-order valence-corrected chi connectivity index (χ1v) is 11.0. The van der Waals surface area contributed by atoms with E-state index in [0.717, 1.165) is 0 Å². The van der Waals surface area contributed by atoms with Crippen LogP contribution in [-0.4, -0.2) is 46.5 Å². The molecule has 0 aliphatic carbocycles. The van der Waals surface area contributed by atoms with Gasteiger partial charge in [0.15, 0.2) is 11.0 Å². The quantitative estimate of drug-likeness (QED) is 0.526. The zero-order valence-corrected chi connectivity index (χ0v) is 20.3. The first-order valence-electron chi connectivity index (χ1n) is 11.0. The summed E-state index contributed by atoms with van der Waals surface area (Å²) in [6, 6.07) is 12.7. The fourth-order valence-corrected chi connectivity index (χ4v) is 4.28. The summed E-state index contributed by atoms with van der Waals surface area (Å²) in [4.78, 5) is 25.8. The molecule has 0 saturated carbocycles. The van der Waals surface area contributed by atoms with E-state index in [-0.39, 0.29) is 22.1 Å². The molecule has 1 N–H and O–H groups in total. The number of carbonyl (C=O) groups is 1. The predicted octanol–water partition coefficient (Wildman–Crippen LogP) is 5.03. The summed E-state index contributed by atoms with van der Waals surface area (Å²) in [6.45, 7) is 3.82. The van der Waals surface area contributed by atoms with E-state index >= 15 is 0 Å². The number of benzene rings is 2. The molecule has 1 amide bonds. The molecule has 0 fully saturated rings. The number of aromatic nitrogens is 1. The molecule has 2 aromatic carbocycles. The average molecular weight is 491 g/mol. The van der Waals surface area contributed by atoms with Gasteiger partial charge < -0.3 is 19.3 Å². The number of para-hydroxylation sites is 2. The lowest BCUT2D eigenvalue weighted by atomic mass is 9.74. The van der Waals surface area contributed by atoms with E-state index in [9.17, 15) is 27.9 Å². The van der Waals surface area contributed by atoms with Crippen LogP contribution in [0.2, 0.25) is 0 Å². The number of alkyl halides is 3. The minimum absolute atomic E-state index is 0.116. The summed E-state index contributed by atoms with van der Waals surface area (Å²) in [7, 11) is 2.99. The smallest absolute Gasteiger partial charge is 0.410 e. The Morgan fingerprint density at radius 2 is 1.66 bits per heavy atom. The maximum atomic E-state index is 14.4. The van der Waals surface area contributed by atoms with Gasteiger partial charge in [0.2, 0.25) is 0 Å². The van der Waals surface area contributed by atoms with Crippen LogP contribution in [0.4, 0.5) is 18.0 Å². The van der Waals surface area contributed by atoms with Crippen LogP contribution in [0.3, 0.4) is 0 Å². The molecule has 1 heterocycles. The van der Waals surface area contributed by atoms with Crippen molar-refractivity contribution < 1.29 is 27.8 Å². The number of aryl methyl sites for hydroxylation is 1. The molecule has 9 heteroatoms. The highest BCUT2D eigenvalue weighted by molar-refractivity contribution is 5.79. The van der Waals surface area contributed by atoms with Gasteiger partial charge >= 0.3 is 12.3 Å². The second kappa shape index (κ2) is 9.37. The molecule has 0 bridgehead atoms. The Balaban J connectivity index is 2.07. The van der Waals surface area contributed by atoms with Crippen LogP contribution in [0.1, 0.15) is 31.4 Å². The number of carbonyl (C=O) groups excluding carboxylic acids is 1. The molecule has 188 valence electrons. The van der Waals surface area contributed by atoms with Crippen molar-refractivity contribution in [2.45, 2.75) is 50.9 Å². The zero-order chi connectivity index (χ0) is 26.2. The van der Waals surface area contributed by atoms with E-state index in [2.05, 4.69) is 0 Å². The third-order valence-electron chi connectivity index (χ3n) is 6.04. The van der Waals surface area contributed by atoms with E-state index in [1.165, 1.54) is 42.7 Å². The van der Waals surface area contributed by atoms with E-state index < -0.39 is 36.3 Å². The highest BCUT2D eigenvalue weighted by Crippen LogP contribution is 2.44. The van der Waals surface area contributed by atoms with Crippen molar-refractivity contribution >= 4 is 17.0 Å². The second-order valence-corrected chi connectivity index (χ2v) is 9.63. The van der Waals surface area contributed by atoms with Gasteiger partial charge in [-0.05, 0) is 37.0 Å². The summed E-state index contributed by atoms with van der Waals surface area (Å²) in [5, 5.41) is 11.4. The van der Waals surface area contributed by atoms with Crippen LogP contribution < -0.4 is 10.2 Å². The number of ether oxygens (including phenoxy) is 1. The Kier molecular flexibility index (Phi) is 7.04. The highest BCUT2D eigenvalue weighted by atomic mass is 19.4. The molecule has 35 heavy (non-hydrogen) atoms. The minimum Gasteiger partial charge on any atom is -0.410 e. The zero-order valence-electron chi connectivity index (χ0n) is 20.3. The fourth-order valence-electron chi connectivity index (χ4n) is 4.28. The third kappa shape index (κ3) is 5.35. The molecular formula is C26H29F3N2O4. The highest BCUT2D eigenvalue weighted by Gasteiger charge is 2.56. The number of rotatable bonds is 6. The number of aliphatic hydroxyl groups is 1. The van der Waals surface area contributed by atoms with Gasteiger partial charge in [-0.25, -0.2) is 4.79 Å². The van der Waals surface area contributed by atoms with E-state index in [0.29, 0.717) is 11.1 Å². The van der Waals surface area contributed by atoms with Crippen molar-refractivity contribution in [1.82, 2.24) is 9.47 Å². The van der Waals surface area contributed by atoms with E-state index in [4.69, 9.17) is 4.74 Å². The fraction of sp³-hybridized carbons (Fsp3) is 0.385. The van der Waals surface area contributed by atoms with Crippen LogP contribution in [0.15, 0.2) is 59.5 Å². The molecule has 3 aromatic rings. The van der Waals surface area contributed by atoms with Crippen molar-refractivity contribution in [2.75, 3.05) is 14.1 Å². The van der Waals surface area contributed by atoms with E-state index in [1.807, 2.05) is 0 Å². The van der Waals surface area contributed by atoms with E-state index in [1.54, 1.807) is 56.3 Å². The number of halogens is 3. The minimum atomic E-state index is -4.99. The lowest BCUT2D eigenvalue weighted by molar-refractivity contribution is -0.271. The second-order valence-electron chi connectivity index (χ2n) is 9.63. The molecule has 3 rings (SSSR count). The largest absolute Gasteiger partial charge is 0.418 e. The Labute approximate surface area is 201 Å². The van der Waals surface area contributed by atoms with Gasteiger partial charge in [-0.3, -0.25) is 4.79 Å². The normalized spacial score (nSPS) is 14.0. The summed E-state index contributed by atoms with van der Waals surface area (Å²) in [5.41, 5.74) is -3.77. The molecule has 0 aliphatic heterocycles. The number of fused-ring (bicyclic) bond motifs is 1. The topological polar surface area (TPSA) is 71.8 Å². The maximum absolute atomic E-state index is 14.4. The predicted molar refractivity (Wildman–Crippen MR) is 128 cm³/mol. The molecule has 0 aliphatic rings. The van der Waals surface area contributed by atoms with Crippen LogP contribution in [-0.2, 0) is 12.0 Å². The molecule has 0 radical (unpaired) electrons. The van der Waals surface area contributed by atoms with Gasteiger partial charge in [0.1, 0.15) is 5.75 Å². The molecule has 6 nitrogen and oxygen atoms in total. The Bertz CT molecular complexity index is 1300. The number of nitrogens with zero attached hydrogens (tertiary/aromatic N) is 2. The molecule has 1 aromatic heterocycles. The SMILES string of the molecule is Cc1cn(CC(O)(CC(C)(C)c2ccccc2OC(=O)N(C)C)C(F)(F)F)c2ccccc2c1=O. The monoisotopic (exact) mass is 490 g/mol. The molecule has 1 atom stereocenters. The van der Waals surface area contributed by atoms with Crippen molar-refractivity contribution in [3.8, 4) is 5.75 Å². The molecule has 0 spiro atoms. The maximum Gasteiger partial charge on any atom is 0.418 e. The Hall–Kier alpha value is -3.33. The van der Waals surface area contributed by atoms with Crippen molar-refractivity contribution in [2.24, 2.45) is 0 Å². The summed E-state index contributed by atoms with van der Waals surface area (Å²) < 4.78 is 49.9. The number of pyridine rings is 1. The first-order chi connectivity index (χ1) is 16.2. The van der Waals surface area contributed by atoms with Gasteiger partial charge in [-0.1, -0.05) is 44.2 Å². The van der Waals surface area contributed by atoms with Crippen molar-refractivity contribution in [3.05, 3.63) is 76.1 Å². The third-order valence-corrected chi connectivity index (χ3v) is 6.04. The van der Waals surface area contributed by atoms with Gasteiger partial charge in [0, 0.05) is 36.8 Å². The number of amides is 1.